The van der Waals surface area contributed by atoms with E-state index in [0.717, 1.165) is 0 Å². The van der Waals surface area contributed by atoms with E-state index in [2.05, 4.69) is 4.98 Å². The molecule has 1 aliphatic heterocycles. The first-order chi connectivity index (χ1) is 8.58. The zero-order valence-corrected chi connectivity index (χ0v) is 10.7. The number of hydrogen-bond donors (Lipinski definition) is 0. The Balaban J connectivity index is 2.17. The van der Waals surface area contributed by atoms with Crippen molar-refractivity contribution in [3.8, 4) is 6.07 Å². The van der Waals surface area contributed by atoms with Crippen molar-refractivity contribution in [2.24, 2.45) is 0 Å². The van der Waals surface area contributed by atoms with Gasteiger partial charge in [-0.05, 0) is 6.07 Å². The van der Waals surface area contributed by atoms with Crippen molar-refractivity contribution in [2.45, 2.75) is 12.1 Å². The van der Waals surface area contributed by atoms with E-state index in [0.29, 0.717) is 29.4 Å². The molecule has 6 heteroatoms. The minimum absolute atomic E-state index is 0.0669. The van der Waals surface area contributed by atoms with Gasteiger partial charge in [-0.25, -0.2) is 9.37 Å². The number of methoxy groups -OCH3 is 1. The number of anilines is 1. The number of aromatic nitrogens is 1. The standard InChI is InChI=1S/C12H13ClFN3O/c1-18-8-12(14)2-3-17(7-12)11-10(13)4-9(5-15)6-16-11/h4,6H,2-3,7-8H2,1H3. The summed E-state index contributed by atoms with van der Waals surface area (Å²) in [6, 6.07) is 3.50. The number of pyridine rings is 1. The Morgan fingerprint density at radius 2 is 2.50 bits per heavy atom. The molecule has 0 bridgehead atoms. The Bertz CT molecular complexity index is 491. The Labute approximate surface area is 110 Å². The van der Waals surface area contributed by atoms with Crippen LogP contribution < -0.4 is 4.90 Å². The van der Waals surface area contributed by atoms with Gasteiger partial charge in [-0.3, -0.25) is 0 Å². The van der Waals surface area contributed by atoms with E-state index in [4.69, 9.17) is 21.6 Å². The Kier molecular flexibility index (Phi) is 3.69. The van der Waals surface area contributed by atoms with Crippen LogP contribution in [-0.4, -0.2) is 37.5 Å². The summed E-state index contributed by atoms with van der Waals surface area (Å²) in [5, 5.41) is 9.10. The molecule has 1 atom stereocenters. The van der Waals surface area contributed by atoms with E-state index >= 15 is 0 Å². The molecule has 0 aromatic carbocycles. The van der Waals surface area contributed by atoms with Crippen LogP contribution in [-0.2, 0) is 4.74 Å². The monoisotopic (exact) mass is 269 g/mol. The topological polar surface area (TPSA) is 49.1 Å². The molecule has 0 radical (unpaired) electrons. The summed E-state index contributed by atoms with van der Waals surface area (Å²) in [6.45, 7) is 0.815. The minimum atomic E-state index is -1.35. The molecule has 1 saturated heterocycles. The molecule has 2 heterocycles. The molecule has 96 valence electrons. The highest BCUT2D eigenvalue weighted by molar-refractivity contribution is 6.33. The van der Waals surface area contributed by atoms with Crippen LogP contribution in [0.4, 0.5) is 10.2 Å². The predicted octanol–water partition coefficient (Wildman–Crippen LogP) is 2.17. The maximum atomic E-state index is 14.2. The molecule has 1 aromatic rings. The van der Waals surface area contributed by atoms with Gasteiger partial charge in [0.2, 0.25) is 0 Å². The van der Waals surface area contributed by atoms with Gasteiger partial charge < -0.3 is 9.64 Å². The average Bonchev–Trinajstić information content (AvgIpc) is 2.71. The van der Waals surface area contributed by atoms with Crippen molar-refractivity contribution in [3.63, 3.8) is 0 Å². The van der Waals surface area contributed by atoms with Crippen LogP contribution in [0.2, 0.25) is 5.02 Å². The second-order valence-electron chi connectivity index (χ2n) is 4.40. The van der Waals surface area contributed by atoms with E-state index in [1.165, 1.54) is 13.3 Å². The summed E-state index contributed by atoms with van der Waals surface area (Å²) in [5.74, 6) is 0.520. The number of hydrogen-bond acceptors (Lipinski definition) is 4. The molecular weight excluding hydrogens is 257 g/mol. The molecule has 1 aromatic heterocycles. The van der Waals surface area contributed by atoms with Gasteiger partial charge in [0.15, 0.2) is 5.67 Å². The Morgan fingerprint density at radius 3 is 3.11 bits per heavy atom. The van der Waals surface area contributed by atoms with Crippen LogP contribution >= 0.6 is 11.6 Å². The van der Waals surface area contributed by atoms with Crippen molar-refractivity contribution >= 4 is 17.4 Å². The number of halogens is 2. The molecule has 18 heavy (non-hydrogen) atoms. The molecule has 1 aliphatic rings. The molecule has 0 N–H and O–H groups in total. The van der Waals surface area contributed by atoms with Crippen LogP contribution in [0.1, 0.15) is 12.0 Å². The summed E-state index contributed by atoms with van der Waals surface area (Å²) in [5.41, 5.74) is -0.959. The molecule has 0 spiro atoms. The second-order valence-corrected chi connectivity index (χ2v) is 4.80. The van der Waals surface area contributed by atoms with Gasteiger partial charge in [0, 0.05) is 26.3 Å². The van der Waals surface area contributed by atoms with Crippen LogP contribution in [0, 0.1) is 11.3 Å². The summed E-state index contributed by atoms with van der Waals surface area (Å²) in [6.07, 6.45) is 1.83. The fourth-order valence-corrected chi connectivity index (χ4v) is 2.40. The number of nitriles is 1. The highest BCUT2D eigenvalue weighted by atomic mass is 35.5. The molecular formula is C12H13ClFN3O. The average molecular weight is 270 g/mol. The zero-order valence-electron chi connectivity index (χ0n) is 9.99. The van der Waals surface area contributed by atoms with Gasteiger partial charge in [0.25, 0.3) is 0 Å². The fraction of sp³-hybridized carbons (Fsp3) is 0.500. The highest BCUT2D eigenvalue weighted by Crippen LogP contribution is 2.32. The summed E-state index contributed by atoms with van der Waals surface area (Å²) >= 11 is 6.05. The molecule has 1 unspecified atom stereocenters. The lowest BCUT2D eigenvalue weighted by Gasteiger charge is -2.21. The highest BCUT2D eigenvalue weighted by Gasteiger charge is 2.39. The van der Waals surface area contributed by atoms with Gasteiger partial charge in [-0.1, -0.05) is 11.6 Å². The molecule has 0 aliphatic carbocycles. The van der Waals surface area contributed by atoms with Crippen LogP contribution in [0.25, 0.3) is 0 Å². The van der Waals surface area contributed by atoms with Crippen molar-refractivity contribution in [2.75, 3.05) is 31.7 Å². The molecule has 4 nitrogen and oxygen atoms in total. The van der Waals surface area contributed by atoms with Crippen LogP contribution in [0.5, 0.6) is 0 Å². The van der Waals surface area contributed by atoms with E-state index in [1.54, 1.807) is 11.0 Å². The van der Waals surface area contributed by atoms with Crippen LogP contribution in [0.3, 0.4) is 0 Å². The lowest BCUT2D eigenvalue weighted by Crippen LogP contribution is -2.33. The summed E-state index contributed by atoms with van der Waals surface area (Å²) in [7, 11) is 1.48. The van der Waals surface area contributed by atoms with Gasteiger partial charge in [-0.2, -0.15) is 5.26 Å². The third kappa shape index (κ3) is 2.55. The maximum absolute atomic E-state index is 14.2. The normalized spacial score (nSPS) is 23.1. The lowest BCUT2D eigenvalue weighted by atomic mass is 10.1. The quantitative estimate of drug-likeness (QED) is 0.844. The first-order valence-corrected chi connectivity index (χ1v) is 5.94. The van der Waals surface area contributed by atoms with E-state index in [1.807, 2.05) is 6.07 Å². The molecule has 0 saturated carbocycles. The lowest BCUT2D eigenvalue weighted by molar-refractivity contribution is 0.0570. The van der Waals surface area contributed by atoms with Crippen molar-refractivity contribution in [1.82, 2.24) is 4.98 Å². The third-order valence-electron chi connectivity index (χ3n) is 2.96. The third-order valence-corrected chi connectivity index (χ3v) is 3.24. The Hall–Kier alpha value is -1.38. The van der Waals surface area contributed by atoms with Crippen molar-refractivity contribution < 1.29 is 9.13 Å². The number of alkyl halides is 1. The predicted molar refractivity (Wildman–Crippen MR) is 66.5 cm³/mol. The largest absolute Gasteiger partial charge is 0.381 e. The van der Waals surface area contributed by atoms with E-state index in [9.17, 15) is 4.39 Å². The second kappa shape index (κ2) is 5.09. The summed E-state index contributed by atoms with van der Waals surface area (Å²) in [4.78, 5) is 5.90. The Morgan fingerprint density at radius 1 is 1.72 bits per heavy atom. The SMILES string of the molecule is COCC1(F)CCN(c2ncc(C#N)cc2Cl)C1. The molecule has 0 amide bonds. The van der Waals surface area contributed by atoms with Gasteiger partial charge in [0.05, 0.1) is 23.7 Å². The fourth-order valence-electron chi connectivity index (χ4n) is 2.12. The summed E-state index contributed by atoms with van der Waals surface area (Å²) < 4.78 is 19.1. The van der Waals surface area contributed by atoms with Crippen molar-refractivity contribution in [1.29, 1.82) is 5.26 Å². The van der Waals surface area contributed by atoms with Gasteiger partial charge in [-0.15, -0.1) is 0 Å². The van der Waals surface area contributed by atoms with Crippen molar-refractivity contribution in [3.05, 3.63) is 22.8 Å². The van der Waals surface area contributed by atoms with Gasteiger partial charge in [0.1, 0.15) is 11.9 Å². The maximum Gasteiger partial charge on any atom is 0.153 e. The zero-order chi connectivity index (χ0) is 13.2. The number of nitrogens with zero attached hydrogens (tertiary/aromatic N) is 3. The van der Waals surface area contributed by atoms with Gasteiger partial charge >= 0.3 is 0 Å². The number of rotatable bonds is 3. The molecule has 2 rings (SSSR count). The minimum Gasteiger partial charge on any atom is -0.381 e. The number of ether oxygens (including phenoxy) is 1. The van der Waals surface area contributed by atoms with E-state index < -0.39 is 5.67 Å². The van der Waals surface area contributed by atoms with Crippen LogP contribution in [0.15, 0.2) is 12.3 Å². The smallest absolute Gasteiger partial charge is 0.153 e. The van der Waals surface area contributed by atoms with E-state index in [-0.39, 0.29) is 13.2 Å². The molecule has 1 fully saturated rings. The first kappa shape index (κ1) is 13.1. The first-order valence-electron chi connectivity index (χ1n) is 5.56.